The summed E-state index contributed by atoms with van der Waals surface area (Å²) in [6.07, 6.45) is 5.32. The number of benzene rings is 5. The minimum Gasteiger partial charge on any atom is -0.510 e. The van der Waals surface area contributed by atoms with Crippen LogP contribution in [0, 0.1) is 32.3 Å². The van der Waals surface area contributed by atoms with Crippen LogP contribution in [0.25, 0.3) is 16.7 Å². The van der Waals surface area contributed by atoms with Gasteiger partial charge in [0.2, 0.25) is 6.33 Å². The molecule has 0 N–H and O–H groups in total. The molecule has 8 rings (SSSR count). The van der Waals surface area contributed by atoms with Crippen molar-refractivity contribution in [2.75, 3.05) is 9.62 Å². The maximum absolute atomic E-state index is 6.57. The van der Waals surface area contributed by atoms with E-state index < -0.39 is 0 Å². The van der Waals surface area contributed by atoms with Gasteiger partial charge in [0.05, 0.1) is 18.1 Å². The van der Waals surface area contributed by atoms with Crippen molar-refractivity contribution in [2.45, 2.75) is 40.0 Å². The number of anilines is 4. The number of hydrogen-bond acceptors (Lipinski definition) is 4. The number of ether oxygens (including phenoxy) is 1. The minimum atomic E-state index is -0.212. The third-order valence-corrected chi connectivity index (χ3v) is 9.51. The molecule has 0 amide bonds. The fourth-order valence-electron chi connectivity index (χ4n) is 7.00. The van der Waals surface area contributed by atoms with Crippen molar-refractivity contribution >= 4 is 46.4 Å². The van der Waals surface area contributed by atoms with Crippen molar-refractivity contribution in [3.05, 3.63) is 157 Å². The smallest absolute Gasteiger partial charge is 0.409 e. The Bertz CT molecular complexity index is 2350. The first kappa shape index (κ1) is 34.3. The van der Waals surface area contributed by atoms with Crippen LogP contribution in [0.2, 0.25) is 0 Å². The molecular weight excluding hydrogens is 808 g/mol. The fraction of sp³-hybridized carbons (Fsp3) is 0.163. The van der Waals surface area contributed by atoms with Gasteiger partial charge in [0.25, 0.3) is 0 Å². The Kier molecular flexibility index (Phi) is 9.11. The Labute approximate surface area is 315 Å². The first-order valence-electron chi connectivity index (χ1n) is 17.0. The van der Waals surface area contributed by atoms with Crippen LogP contribution in [-0.2, 0) is 33.5 Å². The summed E-state index contributed by atoms with van der Waals surface area (Å²) in [6, 6.07) is 46.9. The summed E-state index contributed by atoms with van der Waals surface area (Å²) in [5.41, 5.74) is 10.8. The van der Waals surface area contributed by atoms with Gasteiger partial charge in [-0.15, -0.1) is 30.3 Å². The van der Waals surface area contributed by atoms with Gasteiger partial charge >= 0.3 is 6.98 Å². The van der Waals surface area contributed by atoms with E-state index >= 15 is 0 Å². The molecule has 1 aliphatic rings. The molecule has 0 fully saturated rings. The Morgan fingerprint density at radius 2 is 1.45 bits per heavy atom. The molecule has 7 aromatic rings. The monoisotopic (exact) mass is 846 g/mol. The maximum atomic E-state index is 6.57. The maximum Gasteiger partial charge on any atom is 0.409 e. The summed E-state index contributed by atoms with van der Waals surface area (Å²) in [5.74, 6) is 2.04. The molecule has 0 atom stereocenters. The van der Waals surface area contributed by atoms with Crippen molar-refractivity contribution in [1.29, 1.82) is 0 Å². The van der Waals surface area contributed by atoms with Gasteiger partial charge in [-0.2, -0.15) is 12.1 Å². The molecule has 51 heavy (non-hydrogen) atoms. The van der Waals surface area contributed by atoms with Gasteiger partial charge in [0, 0.05) is 44.4 Å². The van der Waals surface area contributed by atoms with Gasteiger partial charge in [0.15, 0.2) is 0 Å². The summed E-state index contributed by atoms with van der Waals surface area (Å²) in [6.45, 7) is 10.9. The Morgan fingerprint density at radius 1 is 0.745 bits per heavy atom. The molecule has 6 nitrogen and oxygen atoms in total. The van der Waals surface area contributed by atoms with E-state index in [0.717, 1.165) is 39.6 Å². The van der Waals surface area contributed by atoms with Gasteiger partial charge in [-0.1, -0.05) is 110 Å². The number of fused-ring (bicyclic) bond motifs is 2. The molecule has 2 aromatic heterocycles. The average molecular weight is 847 g/mol. The summed E-state index contributed by atoms with van der Waals surface area (Å²) in [4.78, 5) is 9.73. The van der Waals surface area contributed by atoms with E-state index in [1.807, 2.05) is 58.8 Å². The van der Waals surface area contributed by atoms with Crippen molar-refractivity contribution < 1.29 is 30.4 Å². The largest absolute Gasteiger partial charge is 0.510 e. The van der Waals surface area contributed by atoms with Crippen LogP contribution in [-0.4, -0.2) is 16.5 Å². The van der Waals surface area contributed by atoms with E-state index in [4.69, 9.17) is 9.72 Å². The van der Waals surface area contributed by atoms with Gasteiger partial charge in [-0.3, -0.25) is 0 Å². The molecule has 0 saturated heterocycles. The van der Waals surface area contributed by atoms with Crippen molar-refractivity contribution in [3.8, 4) is 17.2 Å². The van der Waals surface area contributed by atoms with E-state index in [9.17, 15) is 0 Å². The number of hydrogen-bond donors (Lipinski definition) is 0. The van der Waals surface area contributed by atoms with Crippen molar-refractivity contribution in [1.82, 2.24) is 9.55 Å². The number of para-hydroxylation sites is 3. The van der Waals surface area contributed by atoms with Crippen LogP contribution in [0.1, 0.15) is 37.5 Å². The minimum absolute atomic E-state index is 0. The van der Waals surface area contributed by atoms with E-state index in [1.54, 1.807) is 0 Å². The standard InChI is InChI=1S/C43H38BN5O.Pt/c1-30-14-12-15-31(2)42(30)44-48(33-16-8-7-9-17-33)39-23-22-36(28-40(39)49(44)41-26-32(24-25-45-41)43(3,4)5)50-35-19-13-18-34(27-35)47-29-46(6)37-20-10-11-21-38(37)47;/h7-26H,1-6H3;/q-2;. The zero-order chi connectivity index (χ0) is 34.6. The van der Waals surface area contributed by atoms with Gasteiger partial charge in [0.1, 0.15) is 5.82 Å². The number of rotatable bonds is 6. The van der Waals surface area contributed by atoms with E-state index in [-0.39, 0.29) is 33.5 Å². The Morgan fingerprint density at radius 3 is 2.22 bits per heavy atom. The molecule has 0 unspecified atom stereocenters. The van der Waals surface area contributed by atoms with Crippen molar-refractivity contribution in [3.63, 3.8) is 0 Å². The van der Waals surface area contributed by atoms with Gasteiger partial charge in [-0.05, 0) is 54.6 Å². The zero-order valence-electron chi connectivity index (χ0n) is 29.6. The second kappa shape index (κ2) is 13.5. The third kappa shape index (κ3) is 6.25. The van der Waals surface area contributed by atoms with Crippen LogP contribution >= 0.6 is 0 Å². The number of pyridine rings is 1. The van der Waals surface area contributed by atoms with E-state index in [1.165, 1.54) is 22.2 Å². The topological polar surface area (TPSA) is 37.4 Å². The third-order valence-electron chi connectivity index (χ3n) is 9.51. The Hall–Kier alpha value is -5.13. The summed E-state index contributed by atoms with van der Waals surface area (Å²) >= 11 is 0. The van der Waals surface area contributed by atoms with E-state index in [2.05, 4.69) is 142 Å². The molecule has 0 aliphatic carbocycles. The second-order valence-corrected chi connectivity index (χ2v) is 13.9. The summed E-state index contributed by atoms with van der Waals surface area (Å²) < 4.78 is 10.6. The van der Waals surface area contributed by atoms with Crippen LogP contribution in [0.3, 0.4) is 0 Å². The zero-order valence-corrected chi connectivity index (χ0v) is 31.9. The van der Waals surface area contributed by atoms with Crippen molar-refractivity contribution in [2.24, 2.45) is 7.05 Å². The predicted molar refractivity (Wildman–Crippen MR) is 202 cm³/mol. The second-order valence-electron chi connectivity index (χ2n) is 13.9. The number of nitrogens with zero attached hydrogens (tertiary/aromatic N) is 5. The predicted octanol–water partition coefficient (Wildman–Crippen LogP) is 8.64. The first-order valence-corrected chi connectivity index (χ1v) is 17.0. The molecule has 3 heterocycles. The quantitative estimate of drug-likeness (QED) is 0.0956. The van der Waals surface area contributed by atoms with E-state index in [0.29, 0.717) is 11.5 Å². The molecule has 0 saturated carbocycles. The molecule has 5 aromatic carbocycles. The average Bonchev–Trinajstić information content (AvgIpc) is 3.63. The van der Waals surface area contributed by atoms with Crippen LogP contribution in [0.4, 0.5) is 22.9 Å². The number of imidazole rings is 1. The normalized spacial score (nSPS) is 12.6. The van der Waals surface area contributed by atoms with Gasteiger partial charge < -0.3 is 23.5 Å². The van der Waals surface area contributed by atoms with Crippen LogP contribution < -0.4 is 24.4 Å². The molecular formula is C43H38BN5OPt-2. The number of aryl methyl sites for hydroxylation is 3. The van der Waals surface area contributed by atoms with Gasteiger partial charge in [-0.25, -0.2) is 4.98 Å². The van der Waals surface area contributed by atoms with Crippen LogP contribution in [0.15, 0.2) is 121 Å². The number of aromatic nitrogens is 3. The summed E-state index contributed by atoms with van der Waals surface area (Å²) in [5, 5.41) is 0. The fourth-order valence-corrected chi connectivity index (χ4v) is 7.00. The molecule has 8 heteroatoms. The molecule has 0 spiro atoms. The first-order chi connectivity index (χ1) is 24.2. The van der Waals surface area contributed by atoms with Crippen LogP contribution in [0.5, 0.6) is 11.5 Å². The molecule has 0 radical (unpaired) electrons. The molecule has 256 valence electrons. The summed E-state index contributed by atoms with van der Waals surface area (Å²) in [7, 11) is 2.00. The molecule has 0 bridgehead atoms. The Balaban J connectivity index is 0.00000406. The molecule has 1 aliphatic heterocycles. The SMILES string of the molecule is Cc1cccc(C)c1B1N(c2cc(C(C)(C)C)ccn2)c2[c-]c(Oc3[c-]c(-n4[c-][n+](C)c5ccccc54)ccc3)ccc2N1c1ccccc1.[Pt].